The molecule has 0 atom stereocenters. The Hall–Kier alpha value is -3.34. The molecule has 2 heterocycles. The van der Waals surface area contributed by atoms with Gasteiger partial charge in [0.2, 0.25) is 5.91 Å². The molecule has 2 N–H and O–H groups in total. The first-order chi connectivity index (χ1) is 11.8. The van der Waals surface area contributed by atoms with Crippen molar-refractivity contribution < 1.29 is 4.79 Å². The standard InChI is InChI=1S/C19H16N4O/c24-19(12-14-13-20-17-9-5-4-8-16(14)17)21-18-10-11-23(22-18)15-6-2-1-3-7-15/h1-11,13,20H,12H2,(H,21,22,24). The summed E-state index contributed by atoms with van der Waals surface area (Å²) in [5.41, 5.74) is 2.97. The van der Waals surface area contributed by atoms with E-state index < -0.39 is 0 Å². The average Bonchev–Trinajstić information content (AvgIpc) is 3.23. The van der Waals surface area contributed by atoms with Crippen LogP contribution in [0.2, 0.25) is 0 Å². The minimum absolute atomic E-state index is 0.0851. The first-order valence-electron chi connectivity index (χ1n) is 7.75. The third-order valence-electron chi connectivity index (χ3n) is 3.90. The van der Waals surface area contributed by atoms with Gasteiger partial charge in [0.25, 0.3) is 0 Å². The first-order valence-corrected chi connectivity index (χ1v) is 7.75. The average molecular weight is 316 g/mol. The van der Waals surface area contributed by atoms with E-state index in [1.165, 1.54) is 0 Å². The fraction of sp³-hybridized carbons (Fsp3) is 0.0526. The number of H-pyrrole nitrogens is 1. The maximum Gasteiger partial charge on any atom is 0.230 e. The van der Waals surface area contributed by atoms with Gasteiger partial charge in [-0.3, -0.25) is 4.79 Å². The lowest BCUT2D eigenvalue weighted by Gasteiger charge is -2.02. The van der Waals surface area contributed by atoms with Gasteiger partial charge in [-0.1, -0.05) is 36.4 Å². The summed E-state index contributed by atoms with van der Waals surface area (Å²) in [6.45, 7) is 0. The van der Waals surface area contributed by atoms with Gasteiger partial charge in [-0.25, -0.2) is 4.68 Å². The molecule has 4 rings (SSSR count). The third-order valence-corrected chi connectivity index (χ3v) is 3.90. The van der Waals surface area contributed by atoms with Gasteiger partial charge >= 0.3 is 0 Å². The van der Waals surface area contributed by atoms with Crippen LogP contribution in [0.3, 0.4) is 0 Å². The van der Waals surface area contributed by atoms with Gasteiger partial charge in [0.05, 0.1) is 12.1 Å². The largest absolute Gasteiger partial charge is 0.361 e. The van der Waals surface area contributed by atoms with Gasteiger partial charge in [0.15, 0.2) is 5.82 Å². The van der Waals surface area contributed by atoms with Crippen molar-refractivity contribution in [2.45, 2.75) is 6.42 Å². The topological polar surface area (TPSA) is 62.7 Å². The molecule has 0 unspecified atom stereocenters. The van der Waals surface area contributed by atoms with Crippen LogP contribution in [-0.2, 0) is 11.2 Å². The van der Waals surface area contributed by atoms with Crippen molar-refractivity contribution in [1.29, 1.82) is 0 Å². The lowest BCUT2D eigenvalue weighted by atomic mass is 10.1. The molecule has 5 heteroatoms. The number of nitrogens with one attached hydrogen (secondary N) is 2. The molecule has 2 aromatic carbocycles. The van der Waals surface area contributed by atoms with Crippen molar-refractivity contribution in [3.63, 3.8) is 0 Å². The van der Waals surface area contributed by atoms with E-state index in [0.717, 1.165) is 22.2 Å². The summed E-state index contributed by atoms with van der Waals surface area (Å²) in [4.78, 5) is 15.5. The van der Waals surface area contributed by atoms with Crippen LogP contribution in [0, 0.1) is 0 Å². The molecule has 0 radical (unpaired) electrons. The first kappa shape index (κ1) is 14.3. The van der Waals surface area contributed by atoms with E-state index in [2.05, 4.69) is 15.4 Å². The van der Waals surface area contributed by atoms with Crippen LogP contribution in [0.25, 0.3) is 16.6 Å². The molecule has 5 nitrogen and oxygen atoms in total. The Bertz CT molecular complexity index is 985. The fourth-order valence-corrected chi connectivity index (χ4v) is 2.75. The molecule has 0 bridgehead atoms. The van der Waals surface area contributed by atoms with E-state index in [4.69, 9.17) is 0 Å². The molecule has 0 aliphatic heterocycles. The van der Waals surface area contributed by atoms with Crippen molar-refractivity contribution in [2.75, 3.05) is 5.32 Å². The van der Waals surface area contributed by atoms with E-state index in [1.54, 1.807) is 10.7 Å². The monoisotopic (exact) mass is 316 g/mol. The number of para-hydroxylation sites is 2. The fourth-order valence-electron chi connectivity index (χ4n) is 2.75. The van der Waals surface area contributed by atoms with Gasteiger partial charge in [-0.2, -0.15) is 5.10 Å². The normalized spacial score (nSPS) is 10.8. The second kappa shape index (κ2) is 6.04. The highest BCUT2D eigenvalue weighted by Crippen LogP contribution is 2.18. The van der Waals surface area contributed by atoms with Gasteiger partial charge < -0.3 is 10.3 Å². The summed E-state index contributed by atoms with van der Waals surface area (Å²) in [6.07, 6.45) is 4.02. The zero-order valence-electron chi connectivity index (χ0n) is 12.9. The Kier molecular flexibility index (Phi) is 3.59. The predicted octanol–water partition coefficient (Wildman–Crippen LogP) is 3.53. The Morgan fingerprint density at radius 3 is 2.71 bits per heavy atom. The van der Waals surface area contributed by atoms with Crippen LogP contribution in [0.1, 0.15) is 5.56 Å². The molecule has 1 amide bonds. The van der Waals surface area contributed by atoms with Crippen LogP contribution < -0.4 is 5.32 Å². The van der Waals surface area contributed by atoms with Crippen molar-refractivity contribution in [3.8, 4) is 5.69 Å². The van der Waals surface area contributed by atoms with Crippen LogP contribution >= 0.6 is 0 Å². The lowest BCUT2D eigenvalue weighted by Crippen LogP contribution is -2.14. The quantitative estimate of drug-likeness (QED) is 0.605. The van der Waals surface area contributed by atoms with E-state index in [-0.39, 0.29) is 5.91 Å². The number of fused-ring (bicyclic) bond motifs is 1. The van der Waals surface area contributed by atoms with Gasteiger partial charge in [0, 0.05) is 29.4 Å². The molecule has 2 aromatic heterocycles. The molecule has 0 spiro atoms. The predicted molar refractivity (Wildman–Crippen MR) is 94.2 cm³/mol. The van der Waals surface area contributed by atoms with E-state index in [1.807, 2.05) is 67.0 Å². The Morgan fingerprint density at radius 1 is 1.04 bits per heavy atom. The molecule has 118 valence electrons. The number of aromatic nitrogens is 3. The molecular formula is C19H16N4O. The minimum atomic E-state index is -0.0851. The van der Waals surface area contributed by atoms with Crippen molar-refractivity contribution in [1.82, 2.24) is 14.8 Å². The van der Waals surface area contributed by atoms with E-state index in [9.17, 15) is 4.79 Å². The van der Waals surface area contributed by atoms with Gasteiger partial charge in [0.1, 0.15) is 0 Å². The molecule has 4 aromatic rings. The summed E-state index contributed by atoms with van der Waals surface area (Å²) >= 11 is 0. The van der Waals surface area contributed by atoms with Crippen molar-refractivity contribution in [3.05, 3.63) is 78.6 Å². The van der Waals surface area contributed by atoms with Crippen LogP contribution in [0.4, 0.5) is 5.82 Å². The third kappa shape index (κ3) is 2.79. The number of hydrogen-bond donors (Lipinski definition) is 2. The number of benzene rings is 2. The lowest BCUT2D eigenvalue weighted by molar-refractivity contribution is -0.115. The second-order valence-electron chi connectivity index (χ2n) is 5.57. The number of amides is 1. The molecule has 0 saturated heterocycles. The van der Waals surface area contributed by atoms with Crippen LogP contribution in [-0.4, -0.2) is 20.7 Å². The maximum absolute atomic E-state index is 12.3. The van der Waals surface area contributed by atoms with Crippen molar-refractivity contribution in [2.24, 2.45) is 0 Å². The highest BCUT2D eigenvalue weighted by molar-refractivity contribution is 5.95. The summed E-state index contributed by atoms with van der Waals surface area (Å²) in [5.74, 6) is 0.460. The zero-order valence-corrected chi connectivity index (χ0v) is 12.9. The summed E-state index contributed by atoms with van der Waals surface area (Å²) in [5, 5.41) is 8.31. The molecule has 0 aliphatic carbocycles. The number of carbonyl (C=O) groups excluding carboxylic acids is 1. The highest BCUT2D eigenvalue weighted by Gasteiger charge is 2.10. The number of anilines is 1. The highest BCUT2D eigenvalue weighted by atomic mass is 16.1. The van der Waals surface area contributed by atoms with Crippen molar-refractivity contribution >= 4 is 22.6 Å². The maximum atomic E-state index is 12.3. The number of carbonyl (C=O) groups is 1. The molecule has 0 aliphatic rings. The van der Waals surface area contributed by atoms with Crippen LogP contribution in [0.5, 0.6) is 0 Å². The van der Waals surface area contributed by atoms with Gasteiger partial charge in [-0.05, 0) is 23.8 Å². The van der Waals surface area contributed by atoms with Crippen LogP contribution in [0.15, 0.2) is 73.1 Å². The molecule has 24 heavy (non-hydrogen) atoms. The number of aromatic amines is 1. The summed E-state index contributed by atoms with van der Waals surface area (Å²) < 4.78 is 1.74. The second-order valence-corrected chi connectivity index (χ2v) is 5.57. The SMILES string of the molecule is O=C(Cc1c[nH]c2ccccc12)Nc1ccn(-c2ccccc2)n1. The minimum Gasteiger partial charge on any atom is -0.361 e. The number of nitrogens with zero attached hydrogens (tertiary/aromatic N) is 2. The number of hydrogen-bond acceptors (Lipinski definition) is 2. The molecular weight excluding hydrogens is 300 g/mol. The number of rotatable bonds is 4. The Balaban J connectivity index is 1.48. The molecule has 0 fully saturated rings. The van der Waals surface area contributed by atoms with Gasteiger partial charge in [-0.15, -0.1) is 0 Å². The Labute approximate surface area is 138 Å². The summed E-state index contributed by atoms with van der Waals surface area (Å²) in [7, 11) is 0. The smallest absolute Gasteiger partial charge is 0.230 e. The zero-order chi connectivity index (χ0) is 16.4. The summed E-state index contributed by atoms with van der Waals surface area (Å²) in [6, 6.07) is 19.5. The van der Waals surface area contributed by atoms with E-state index in [0.29, 0.717) is 12.2 Å². The van der Waals surface area contributed by atoms with E-state index >= 15 is 0 Å². The Morgan fingerprint density at radius 2 is 1.83 bits per heavy atom. The molecule has 0 saturated carbocycles.